The molecule has 0 N–H and O–H groups in total. The van der Waals surface area contributed by atoms with Gasteiger partial charge in [-0.25, -0.2) is 0 Å². The van der Waals surface area contributed by atoms with E-state index in [4.69, 9.17) is 9.47 Å². The van der Waals surface area contributed by atoms with E-state index in [9.17, 15) is 4.79 Å². The average molecular weight is 355 g/mol. The van der Waals surface area contributed by atoms with Crippen LogP contribution in [0.25, 0.3) is 0 Å². The van der Waals surface area contributed by atoms with E-state index in [-0.39, 0.29) is 5.92 Å². The third-order valence-electron chi connectivity index (χ3n) is 6.80. The van der Waals surface area contributed by atoms with Gasteiger partial charge >= 0.3 is 0 Å². The maximum Gasteiger partial charge on any atom is 0.226 e. The van der Waals surface area contributed by atoms with Crippen LogP contribution in [0.4, 0.5) is 0 Å². The minimum atomic E-state index is 0.241. The summed E-state index contributed by atoms with van der Waals surface area (Å²) in [6, 6.07) is 10.7. The van der Waals surface area contributed by atoms with E-state index in [2.05, 4.69) is 35.2 Å². The Bertz CT molecular complexity index is 634. The zero-order chi connectivity index (χ0) is 17.5. The van der Waals surface area contributed by atoms with Gasteiger partial charge in [0.05, 0.1) is 19.3 Å². The number of ether oxygens (including phenoxy) is 2. The molecule has 4 fully saturated rings. The van der Waals surface area contributed by atoms with Crippen LogP contribution in [0.15, 0.2) is 30.3 Å². The molecule has 5 rings (SSSR count). The second kappa shape index (κ2) is 6.97. The summed E-state index contributed by atoms with van der Waals surface area (Å²) in [7, 11) is 0. The van der Waals surface area contributed by atoms with E-state index >= 15 is 0 Å². The first-order chi connectivity index (χ1) is 12.8. The summed E-state index contributed by atoms with van der Waals surface area (Å²) < 4.78 is 11.8. The maximum absolute atomic E-state index is 13.0. The first kappa shape index (κ1) is 16.8. The van der Waals surface area contributed by atoms with Crippen molar-refractivity contribution in [3.63, 3.8) is 0 Å². The third-order valence-corrected chi connectivity index (χ3v) is 6.80. The molecule has 140 valence electrons. The summed E-state index contributed by atoms with van der Waals surface area (Å²) in [6.45, 7) is 4.19. The van der Waals surface area contributed by atoms with E-state index in [1.165, 1.54) is 18.4 Å². The molecule has 1 aromatic carbocycles. The Balaban J connectivity index is 1.24. The molecule has 1 unspecified atom stereocenters. The highest BCUT2D eigenvalue weighted by Gasteiger charge is 2.59. The number of amides is 1. The van der Waals surface area contributed by atoms with E-state index in [1.54, 1.807) is 0 Å². The topological polar surface area (TPSA) is 38.8 Å². The Morgan fingerprint density at radius 3 is 2.62 bits per heavy atom. The highest BCUT2D eigenvalue weighted by atomic mass is 16.5. The first-order valence-corrected chi connectivity index (χ1v) is 10.3. The monoisotopic (exact) mass is 355 g/mol. The average Bonchev–Trinajstić information content (AvgIpc) is 3.58. The van der Waals surface area contributed by atoms with Crippen molar-refractivity contribution in [2.75, 3.05) is 32.9 Å². The van der Waals surface area contributed by atoms with Gasteiger partial charge in [-0.1, -0.05) is 30.3 Å². The Morgan fingerprint density at radius 1 is 1.12 bits per heavy atom. The fraction of sp³-hybridized carbons (Fsp3) is 0.682. The van der Waals surface area contributed by atoms with Crippen LogP contribution in [-0.2, 0) is 20.7 Å². The van der Waals surface area contributed by atoms with Crippen LogP contribution in [0.2, 0.25) is 0 Å². The van der Waals surface area contributed by atoms with Gasteiger partial charge in [-0.15, -0.1) is 0 Å². The molecule has 0 aromatic heterocycles. The van der Waals surface area contributed by atoms with Gasteiger partial charge < -0.3 is 14.4 Å². The smallest absolute Gasteiger partial charge is 0.226 e. The van der Waals surface area contributed by atoms with Gasteiger partial charge in [0.25, 0.3) is 0 Å². The standard InChI is InChI=1S/C22H29NO3/c24-22(21-18-13-25-14-19(18)21)23-9-8-20(26-12-16-6-7-16)17(11-23)10-15-4-2-1-3-5-15/h1-5,16-21H,6-14H2/t17-,18-,19+,20-,21?/m1/s1. The molecule has 0 bridgehead atoms. The van der Waals surface area contributed by atoms with Gasteiger partial charge in [0, 0.05) is 31.5 Å². The van der Waals surface area contributed by atoms with Crippen molar-refractivity contribution in [3.8, 4) is 0 Å². The van der Waals surface area contributed by atoms with Crippen LogP contribution in [-0.4, -0.2) is 49.8 Å². The lowest BCUT2D eigenvalue weighted by Crippen LogP contribution is -2.48. The molecule has 1 amide bonds. The van der Waals surface area contributed by atoms with Crippen molar-refractivity contribution >= 4 is 5.91 Å². The molecule has 1 aromatic rings. The van der Waals surface area contributed by atoms with Crippen molar-refractivity contribution in [2.24, 2.45) is 29.6 Å². The largest absolute Gasteiger partial charge is 0.381 e. The zero-order valence-electron chi connectivity index (χ0n) is 15.4. The molecule has 4 nitrogen and oxygen atoms in total. The lowest BCUT2D eigenvalue weighted by molar-refractivity contribution is -0.139. The molecular formula is C22H29NO3. The Kier molecular flexibility index (Phi) is 4.49. The second-order valence-corrected chi connectivity index (χ2v) is 8.73. The lowest BCUT2D eigenvalue weighted by atomic mass is 9.88. The van der Waals surface area contributed by atoms with Gasteiger partial charge in [-0.2, -0.15) is 0 Å². The molecule has 2 aliphatic heterocycles. The van der Waals surface area contributed by atoms with Crippen LogP contribution >= 0.6 is 0 Å². The van der Waals surface area contributed by atoms with Gasteiger partial charge in [0.2, 0.25) is 5.91 Å². The van der Waals surface area contributed by atoms with Gasteiger partial charge in [0.15, 0.2) is 0 Å². The fourth-order valence-electron chi connectivity index (χ4n) is 4.90. The van der Waals surface area contributed by atoms with Gasteiger partial charge in [-0.05, 0) is 49.0 Å². The molecular weight excluding hydrogens is 326 g/mol. The van der Waals surface area contributed by atoms with Crippen LogP contribution < -0.4 is 0 Å². The SMILES string of the molecule is O=C(C1[C@H]2COC[C@@H]12)N1CC[C@@H](OCC2CC2)[C@H](Cc2ccccc2)C1. The minimum absolute atomic E-state index is 0.241. The zero-order valence-corrected chi connectivity index (χ0v) is 15.4. The number of piperidine rings is 1. The summed E-state index contributed by atoms with van der Waals surface area (Å²) in [5.41, 5.74) is 1.35. The minimum Gasteiger partial charge on any atom is -0.381 e. The van der Waals surface area contributed by atoms with E-state index in [1.807, 2.05) is 0 Å². The van der Waals surface area contributed by atoms with Crippen LogP contribution in [0.5, 0.6) is 0 Å². The van der Waals surface area contributed by atoms with Crippen molar-refractivity contribution in [2.45, 2.75) is 31.8 Å². The summed E-state index contributed by atoms with van der Waals surface area (Å²) in [6.07, 6.45) is 4.93. The van der Waals surface area contributed by atoms with Crippen molar-refractivity contribution < 1.29 is 14.3 Å². The summed E-state index contributed by atoms with van der Waals surface area (Å²) in [5.74, 6) is 2.81. The number of carbonyl (C=O) groups excluding carboxylic acids is 1. The third kappa shape index (κ3) is 3.41. The summed E-state index contributed by atoms with van der Waals surface area (Å²) in [5, 5.41) is 0. The first-order valence-electron chi connectivity index (χ1n) is 10.3. The highest BCUT2D eigenvalue weighted by Crippen LogP contribution is 2.51. The number of hydrogen-bond acceptors (Lipinski definition) is 3. The van der Waals surface area contributed by atoms with Crippen LogP contribution in [0.1, 0.15) is 24.8 Å². The number of rotatable bonds is 6. The van der Waals surface area contributed by atoms with Crippen molar-refractivity contribution in [1.29, 1.82) is 0 Å². The van der Waals surface area contributed by atoms with E-state index in [0.717, 1.165) is 51.7 Å². The highest BCUT2D eigenvalue weighted by molar-refractivity contribution is 5.82. The molecule has 2 saturated carbocycles. The number of carbonyl (C=O) groups is 1. The lowest BCUT2D eigenvalue weighted by Gasteiger charge is -2.39. The van der Waals surface area contributed by atoms with Crippen molar-refractivity contribution in [3.05, 3.63) is 35.9 Å². The Morgan fingerprint density at radius 2 is 1.88 bits per heavy atom. The Hall–Kier alpha value is -1.39. The molecule has 0 spiro atoms. The molecule has 4 aliphatic rings. The number of hydrogen-bond donors (Lipinski definition) is 0. The fourth-order valence-corrected chi connectivity index (χ4v) is 4.90. The molecule has 26 heavy (non-hydrogen) atoms. The molecule has 2 aliphatic carbocycles. The molecule has 5 atom stereocenters. The van der Waals surface area contributed by atoms with Gasteiger partial charge in [-0.3, -0.25) is 4.79 Å². The second-order valence-electron chi connectivity index (χ2n) is 8.73. The quantitative estimate of drug-likeness (QED) is 0.788. The van der Waals surface area contributed by atoms with E-state index < -0.39 is 0 Å². The summed E-state index contributed by atoms with van der Waals surface area (Å²) >= 11 is 0. The number of benzene rings is 1. The predicted molar refractivity (Wildman–Crippen MR) is 98.6 cm³/mol. The number of fused-ring (bicyclic) bond motifs is 1. The van der Waals surface area contributed by atoms with Crippen molar-refractivity contribution in [1.82, 2.24) is 4.90 Å². The molecule has 2 heterocycles. The Labute approximate surface area is 155 Å². The van der Waals surface area contributed by atoms with Crippen LogP contribution in [0, 0.1) is 29.6 Å². The molecule has 0 radical (unpaired) electrons. The number of likely N-dealkylation sites (tertiary alicyclic amines) is 1. The number of nitrogens with zero attached hydrogens (tertiary/aromatic N) is 1. The maximum atomic E-state index is 13.0. The van der Waals surface area contributed by atoms with Gasteiger partial charge in [0.1, 0.15) is 0 Å². The molecule has 4 heteroatoms. The normalized spacial score (nSPS) is 36.0. The predicted octanol–water partition coefficient (Wildman–Crippen LogP) is 2.77. The summed E-state index contributed by atoms with van der Waals surface area (Å²) in [4.78, 5) is 15.1. The van der Waals surface area contributed by atoms with E-state index in [0.29, 0.717) is 29.8 Å². The molecule has 2 saturated heterocycles. The van der Waals surface area contributed by atoms with Crippen LogP contribution in [0.3, 0.4) is 0 Å².